The van der Waals surface area contributed by atoms with Crippen molar-refractivity contribution < 1.29 is 9.53 Å². The third-order valence-electron chi connectivity index (χ3n) is 6.69. The molecule has 11 heteroatoms. The summed E-state index contributed by atoms with van der Waals surface area (Å²) in [6, 6.07) is 7.12. The van der Waals surface area contributed by atoms with E-state index in [1.807, 2.05) is 26.0 Å². The maximum absolute atomic E-state index is 12.4. The van der Waals surface area contributed by atoms with Crippen LogP contribution in [0.15, 0.2) is 63.6 Å². The molecule has 0 aliphatic carbocycles. The normalized spacial score (nSPS) is 22.1. The Morgan fingerprint density at radius 2 is 2.06 bits per heavy atom. The first-order valence-corrected chi connectivity index (χ1v) is 12.9. The number of aromatic nitrogens is 2. The number of ether oxygens (including phenoxy) is 1. The first kappa shape index (κ1) is 26.3. The lowest BCUT2D eigenvalue weighted by molar-refractivity contribution is 0.0771. The van der Waals surface area contributed by atoms with E-state index >= 15 is 0 Å². The molecule has 2 aliphatic heterocycles. The van der Waals surface area contributed by atoms with Crippen molar-refractivity contribution in [2.45, 2.75) is 43.7 Å². The first-order valence-electron chi connectivity index (χ1n) is 11.7. The second kappa shape index (κ2) is 11.5. The second-order valence-electron chi connectivity index (χ2n) is 8.93. The SMILES string of the molecule is C=N/C(=C\N=C(C)Sc1cccc(NC(=O)c2ncccn2)c1Cl)N1CCC2(CC1)CO[C@@H](C)[C@H]2N. The van der Waals surface area contributed by atoms with Gasteiger partial charge in [-0.05, 0) is 51.6 Å². The number of carbonyl (C=O) groups is 1. The van der Waals surface area contributed by atoms with E-state index in [2.05, 4.69) is 36.9 Å². The van der Waals surface area contributed by atoms with E-state index < -0.39 is 5.91 Å². The van der Waals surface area contributed by atoms with Gasteiger partial charge in [0.15, 0.2) is 0 Å². The number of carbonyl (C=O) groups excluding carboxylic acids is 1. The number of hydrogen-bond donors (Lipinski definition) is 2. The molecule has 9 nitrogen and oxygen atoms in total. The second-order valence-corrected chi connectivity index (χ2v) is 10.5. The summed E-state index contributed by atoms with van der Waals surface area (Å²) in [5, 5.41) is 3.94. The molecule has 1 aromatic heterocycles. The van der Waals surface area contributed by atoms with Crippen molar-refractivity contribution >= 4 is 46.7 Å². The minimum absolute atomic E-state index is 0.0427. The van der Waals surface area contributed by atoms with Gasteiger partial charge >= 0.3 is 0 Å². The van der Waals surface area contributed by atoms with Crippen LogP contribution in [0, 0.1) is 5.41 Å². The molecule has 2 saturated heterocycles. The number of anilines is 1. The summed E-state index contributed by atoms with van der Waals surface area (Å²) >= 11 is 7.97. The Kier molecular flexibility index (Phi) is 8.40. The van der Waals surface area contributed by atoms with Gasteiger partial charge in [-0.15, -0.1) is 0 Å². The predicted molar refractivity (Wildman–Crippen MR) is 145 cm³/mol. The number of hydrogen-bond acceptors (Lipinski definition) is 9. The van der Waals surface area contributed by atoms with Gasteiger partial charge in [-0.3, -0.25) is 9.79 Å². The third kappa shape index (κ3) is 5.78. The number of halogens is 1. The van der Waals surface area contributed by atoms with E-state index in [4.69, 9.17) is 22.1 Å². The van der Waals surface area contributed by atoms with Gasteiger partial charge in [-0.2, -0.15) is 0 Å². The molecule has 0 unspecified atom stereocenters. The highest BCUT2D eigenvalue weighted by molar-refractivity contribution is 8.14. The summed E-state index contributed by atoms with van der Waals surface area (Å²) < 4.78 is 5.82. The van der Waals surface area contributed by atoms with Crippen molar-refractivity contribution in [2.75, 3.05) is 25.0 Å². The third-order valence-corrected chi connectivity index (χ3v) is 8.17. The lowest BCUT2D eigenvalue weighted by Crippen LogP contribution is -2.50. The van der Waals surface area contributed by atoms with E-state index in [-0.39, 0.29) is 23.4 Å². The van der Waals surface area contributed by atoms with Gasteiger partial charge in [-0.1, -0.05) is 29.4 Å². The van der Waals surface area contributed by atoms with Gasteiger partial charge in [0, 0.05) is 41.8 Å². The fourth-order valence-corrected chi connectivity index (χ4v) is 5.55. The lowest BCUT2D eigenvalue weighted by atomic mass is 9.73. The molecule has 2 aromatic rings. The van der Waals surface area contributed by atoms with Gasteiger partial charge < -0.3 is 20.7 Å². The Hall–Kier alpha value is -2.79. The number of likely N-dealkylation sites (tertiary alicyclic amines) is 1. The summed E-state index contributed by atoms with van der Waals surface area (Å²) in [5.41, 5.74) is 6.95. The van der Waals surface area contributed by atoms with Gasteiger partial charge in [-0.25, -0.2) is 15.0 Å². The molecule has 3 N–H and O–H groups in total. The van der Waals surface area contributed by atoms with Gasteiger partial charge in [0.25, 0.3) is 5.91 Å². The zero-order chi connectivity index (χ0) is 25.7. The molecule has 2 atom stereocenters. The van der Waals surface area contributed by atoms with Crippen LogP contribution in [-0.4, -0.2) is 64.4 Å². The zero-order valence-electron chi connectivity index (χ0n) is 20.4. The molecular formula is C25H30ClN7O2S. The molecule has 1 aromatic carbocycles. The van der Waals surface area contributed by atoms with Crippen LogP contribution in [0.2, 0.25) is 5.02 Å². The Morgan fingerprint density at radius 3 is 2.69 bits per heavy atom. The molecule has 4 rings (SSSR count). The Morgan fingerprint density at radius 1 is 1.33 bits per heavy atom. The summed E-state index contributed by atoms with van der Waals surface area (Å²) in [6.07, 6.45) is 6.74. The fourth-order valence-electron chi connectivity index (χ4n) is 4.49. The number of aliphatic imine (C=N–C) groups is 2. The van der Waals surface area contributed by atoms with Crippen molar-refractivity contribution in [1.29, 1.82) is 0 Å². The molecule has 1 spiro atoms. The monoisotopic (exact) mass is 527 g/mol. The van der Waals surface area contributed by atoms with Crippen LogP contribution < -0.4 is 11.1 Å². The highest BCUT2D eigenvalue weighted by Gasteiger charge is 2.47. The van der Waals surface area contributed by atoms with E-state index in [9.17, 15) is 4.79 Å². The first-order chi connectivity index (χ1) is 17.3. The van der Waals surface area contributed by atoms with Crippen molar-refractivity contribution in [2.24, 2.45) is 21.1 Å². The standard InChI is InChI=1S/C25H30ClN7O2S/c1-16-22(27)25(15-35-16)8-12-33(13-9-25)20(28-3)14-31-17(2)36-19-7-4-6-18(21(19)26)32-24(34)23-29-10-5-11-30-23/h4-7,10-11,14,16,22H,3,8-9,12-13,15,27H2,1-2H3,(H,32,34)/b20-14+,31-17?/t16-,22+/m0/s1. The Balaban J connectivity index is 1.40. The quantitative estimate of drug-likeness (QED) is 0.328. The van der Waals surface area contributed by atoms with E-state index in [1.165, 1.54) is 24.2 Å². The van der Waals surface area contributed by atoms with Gasteiger partial charge in [0.2, 0.25) is 5.82 Å². The molecule has 0 saturated carbocycles. The lowest BCUT2D eigenvalue weighted by Gasteiger charge is -2.41. The Labute approximate surface area is 220 Å². The number of rotatable bonds is 6. The minimum Gasteiger partial charge on any atom is -0.376 e. The number of nitrogens with zero attached hydrogens (tertiary/aromatic N) is 5. The number of benzene rings is 1. The van der Waals surface area contributed by atoms with Crippen molar-refractivity contribution in [3.05, 3.63) is 59.5 Å². The molecule has 0 bridgehead atoms. The van der Waals surface area contributed by atoms with E-state index in [1.54, 1.807) is 18.3 Å². The average molecular weight is 528 g/mol. The molecule has 3 heterocycles. The summed E-state index contributed by atoms with van der Waals surface area (Å²) in [5.74, 6) is 0.359. The van der Waals surface area contributed by atoms with Crippen molar-refractivity contribution in [3.8, 4) is 0 Å². The highest BCUT2D eigenvalue weighted by Crippen LogP contribution is 2.42. The number of thioether (sulfide) groups is 1. The summed E-state index contributed by atoms with van der Waals surface area (Å²) in [4.78, 5) is 32.1. The van der Waals surface area contributed by atoms with Crippen LogP contribution in [0.4, 0.5) is 5.69 Å². The van der Waals surface area contributed by atoms with Crippen LogP contribution in [0.25, 0.3) is 0 Å². The van der Waals surface area contributed by atoms with E-state index in [0.717, 1.165) is 48.3 Å². The molecule has 0 radical (unpaired) electrons. The van der Waals surface area contributed by atoms with Crippen molar-refractivity contribution in [1.82, 2.24) is 14.9 Å². The topological polar surface area (TPSA) is 118 Å². The van der Waals surface area contributed by atoms with Crippen LogP contribution >= 0.6 is 23.4 Å². The molecular weight excluding hydrogens is 498 g/mol. The fraction of sp³-hybridized carbons (Fsp3) is 0.400. The highest BCUT2D eigenvalue weighted by atomic mass is 35.5. The maximum atomic E-state index is 12.4. The molecule has 190 valence electrons. The van der Waals surface area contributed by atoms with Gasteiger partial charge in [0.1, 0.15) is 5.82 Å². The maximum Gasteiger partial charge on any atom is 0.293 e. The number of nitrogens with two attached hydrogens (primary N) is 1. The number of nitrogens with one attached hydrogen (secondary N) is 1. The zero-order valence-corrected chi connectivity index (χ0v) is 21.9. The smallest absolute Gasteiger partial charge is 0.293 e. The van der Waals surface area contributed by atoms with Crippen LogP contribution in [0.1, 0.15) is 37.3 Å². The predicted octanol–water partition coefficient (Wildman–Crippen LogP) is 4.22. The van der Waals surface area contributed by atoms with Crippen LogP contribution in [0.5, 0.6) is 0 Å². The van der Waals surface area contributed by atoms with Crippen LogP contribution in [0.3, 0.4) is 0 Å². The molecule has 2 fully saturated rings. The largest absolute Gasteiger partial charge is 0.376 e. The van der Waals surface area contributed by atoms with Crippen LogP contribution in [-0.2, 0) is 4.74 Å². The molecule has 36 heavy (non-hydrogen) atoms. The summed E-state index contributed by atoms with van der Waals surface area (Å²) in [6.45, 7) is 10.0. The van der Waals surface area contributed by atoms with E-state index in [0.29, 0.717) is 10.7 Å². The Bertz CT molecular complexity index is 1170. The number of amides is 1. The van der Waals surface area contributed by atoms with Gasteiger partial charge in [0.05, 0.1) is 34.7 Å². The number of piperidine rings is 1. The molecule has 2 aliphatic rings. The average Bonchev–Trinajstić information content (AvgIpc) is 3.16. The summed E-state index contributed by atoms with van der Waals surface area (Å²) in [7, 11) is 0. The minimum atomic E-state index is -0.433. The molecule has 1 amide bonds. The van der Waals surface area contributed by atoms with Crippen molar-refractivity contribution in [3.63, 3.8) is 0 Å².